The summed E-state index contributed by atoms with van der Waals surface area (Å²) in [6.07, 6.45) is 5.16. The molecule has 0 bridgehead atoms. The highest BCUT2D eigenvalue weighted by molar-refractivity contribution is 5.24. The number of rotatable bonds is 4. The Morgan fingerprint density at radius 2 is 2.28 bits per heavy atom. The van der Waals surface area contributed by atoms with Gasteiger partial charge in [-0.25, -0.2) is 0 Å². The summed E-state index contributed by atoms with van der Waals surface area (Å²) in [5.41, 5.74) is 1.03. The number of nitrogens with one attached hydrogen (secondary N) is 1. The average molecular weight is 245 g/mol. The van der Waals surface area contributed by atoms with Crippen LogP contribution in [0.4, 0.5) is 0 Å². The van der Waals surface area contributed by atoms with E-state index in [-0.39, 0.29) is 11.4 Å². The molecule has 0 aromatic carbocycles. The lowest BCUT2D eigenvalue weighted by atomic mass is 10.1. The molecule has 0 aliphatic rings. The minimum Gasteiger partial charge on any atom is -0.493 e. The van der Waals surface area contributed by atoms with E-state index in [1.165, 1.54) is 0 Å². The van der Waals surface area contributed by atoms with E-state index < -0.39 is 0 Å². The zero-order chi connectivity index (χ0) is 13.0. The molecule has 94 valence electrons. The van der Waals surface area contributed by atoms with E-state index in [2.05, 4.69) is 15.0 Å². The van der Waals surface area contributed by atoms with Crippen LogP contribution >= 0.6 is 0 Å². The van der Waals surface area contributed by atoms with Crippen LogP contribution in [0.15, 0.2) is 29.3 Å². The Hall–Kier alpha value is -2.17. The van der Waals surface area contributed by atoms with E-state index >= 15 is 0 Å². The van der Waals surface area contributed by atoms with E-state index in [9.17, 15) is 9.90 Å². The first-order valence-corrected chi connectivity index (χ1v) is 5.90. The number of hydrogen-bond donors (Lipinski definition) is 2. The van der Waals surface area contributed by atoms with Crippen LogP contribution in [-0.2, 0) is 12.8 Å². The van der Waals surface area contributed by atoms with Gasteiger partial charge in [0.25, 0.3) is 5.56 Å². The normalized spacial score (nSPS) is 10.5. The van der Waals surface area contributed by atoms with Crippen LogP contribution in [0.3, 0.4) is 0 Å². The van der Waals surface area contributed by atoms with Crippen molar-refractivity contribution in [1.29, 1.82) is 0 Å². The van der Waals surface area contributed by atoms with Gasteiger partial charge in [0.15, 0.2) is 0 Å². The van der Waals surface area contributed by atoms with Gasteiger partial charge in [-0.3, -0.25) is 9.78 Å². The highest BCUT2D eigenvalue weighted by Gasteiger charge is 2.09. The van der Waals surface area contributed by atoms with E-state index in [1.54, 1.807) is 12.4 Å². The van der Waals surface area contributed by atoms with Crippen LogP contribution in [0, 0.1) is 0 Å². The average Bonchev–Trinajstić information content (AvgIpc) is 2.35. The van der Waals surface area contributed by atoms with E-state index in [0.29, 0.717) is 24.2 Å². The Balaban J connectivity index is 2.28. The van der Waals surface area contributed by atoms with Crippen LogP contribution in [0.25, 0.3) is 0 Å². The highest BCUT2D eigenvalue weighted by atomic mass is 16.3. The molecule has 5 heteroatoms. The van der Waals surface area contributed by atoms with Crippen molar-refractivity contribution in [3.05, 3.63) is 51.8 Å². The van der Waals surface area contributed by atoms with E-state index in [1.807, 2.05) is 19.1 Å². The molecule has 2 heterocycles. The van der Waals surface area contributed by atoms with Crippen LogP contribution < -0.4 is 5.56 Å². The van der Waals surface area contributed by atoms with Crippen molar-refractivity contribution >= 4 is 0 Å². The number of pyridine rings is 1. The maximum absolute atomic E-state index is 11.8. The number of nitrogens with zero attached hydrogens (tertiary/aromatic N) is 2. The topological polar surface area (TPSA) is 78.9 Å². The standard InChI is InChI=1S/C13H15N3O2/c1-2-4-10-12(17)15-11(16-13(10)18)7-9-5-3-6-14-8-9/h3,5-6,8H,2,4,7H2,1H3,(H2,15,16,17,18). The van der Waals surface area contributed by atoms with Crippen molar-refractivity contribution in [2.24, 2.45) is 0 Å². The van der Waals surface area contributed by atoms with Gasteiger partial charge in [-0.1, -0.05) is 19.4 Å². The predicted octanol–water partition coefficient (Wildman–Crippen LogP) is 1.41. The molecule has 0 amide bonds. The third-order valence-electron chi connectivity index (χ3n) is 2.64. The zero-order valence-electron chi connectivity index (χ0n) is 10.2. The summed E-state index contributed by atoms with van der Waals surface area (Å²) < 4.78 is 0. The second kappa shape index (κ2) is 5.44. The van der Waals surface area contributed by atoms with Gasteiger partial charge in [0.05, 0.1) is 5.56 Å². The van der Waals surface area contributed by atoms with Gasteiger partial charge in [0.2, 0.25) is 5.88 Å². The Morgan fingerprint density at radius 1 is 1.44 bits per heavy atom. The summed E-state index contributed by atoms with van der Waals surface area (Å²) in [6, 6.07) is 3.71. The third kappa shape index (κ3) is 2.74. The lowest BCUT2D eigenvalue weighted by Crippen LogP contribution is -2.17. The van der Waals surface area contributed by atoms with Gasteiger partial charge in [-0.05, 0) is 18.1 Å². The minimum absolute atomic E-state index is 0.167. The fourth-order valence-electron chi connectivity index (χ4n) is 1.79. The number of hydrogen-bond acceptors (Lipinski definition) is 4. The fraction of sp³-hybridized carbons (Fsp3) is 0.308. The monoisotopic (exact) mass is 245 g/mol. The summed E-state index contributed by atoms with van der Waals surface area (Å²) in [5, 5.41) is 9.73. The summed E-state index contributed by atoms with van der Waals surface area (Å²) >= 11 is 0. The summed E-state index contributed by atoms with van der Waals surface area (Å²) in [7, 11) is 0. The molecule has 0 spiro atoms. The molecule has 18 heavy (non-hydrogen) atoms. The first-order valence-electron chi connectivity index (χ1n) is 5.90. The van der Waals surface area contributed by atoms with E-state index in [0.717, 1.165) is 12.0 Å². The summed E-state index contributed by atoms with van der Waals surface area (Å²) in [4.78, 5) is 22.5. The minimum atomic E-state index is -0.261. The Morgan fingerprint density at radius 3 is 2.89 bits per heavy atom. The number of H-pyrrole nitrogens is 1. The SMILES string of the molecule is CCCc1c(O)nc(Cc2cccnc2)[nH]c1=O. The maximum atomic E-state index is 11.8. The van der Waals surface area contributed by atoms with Crippen LogP contribution in [-0.4, -0.2) is 20.1 Å². The largest absolute Gasteiger partial charge is 0.493 e. The van der Waals surface area contributed by atoms with Crippen molar-refractivity contribution in [2.45, 2.75) is 26.2 Å². The van der Waals surface area contributed by atoms with E-state index in [4.69, 9.17) is 0 Å². The second-order valence-electron chi connectivity index (χ2n) is 4.10. The second-order valence-corrected chi connectivity index (χ2v) is 4.10. The first kappa shape index (κ1) is 12.3. The van der Waals surface area contributed by atoms with Gasteiger partial charge in [0, 0.05) is 18.8 Å². The lowest BCUT2D eigenvalue weighted by molar-refractivity contribution is 0.439. The zero-order valence-corrected chi connectivity index (χ0v) is 10.2. The van der Waals surface area contributed by atoms with Crippen LogP contribution in [0.1, 0.15) is 30.3 Å². The van der Waals surface area contributed by atoms with Crippen molar-refractivity contribution < 1.29 is 5.11 Å². The summed E-state index contributed by atoms with van der Waals surface area (Å²) in [5.74, 6) is 0.282. The van der Waals surface area contributed by atoms with Crippen LogP contribution in [0.2, 0.25) is 0 Å². The molecule has 0 aliphatic carbocycles. The van der Waals surface area contributed by atoms with Gasteiger partial charge in [0.1, 0.15) is 5.82 Å². The molecule has 0 unspecified atom stereocenters. The molecule has 0 saturated carbocycles. The Labute approximate surface area is 105 Å². The van der Waals surface area contributed by atoms with Crippen LogP contribution in [0.5, 0.6) is 5.88 Å². The molecule has 0 fully saturated rings. The van der Waals surface area contributed by atoms with Crippen molar-refractivity contribution in [2.75, 3.05) is 0 Å². The Bertz CT molecular complexity index is 579. The van der Waals surface area contributed by atoms with Crippen molar-refractivity contribution in [3.8, 4) is 5.88 Å². The molecular weight excluding hydrogens is 230 g/mol. The molecular formula is C13H15N3O2. The number of aromatic hydroxyl groups is 1. The maximum Gasteiger partial charge on any atom is 0.257 e. The van der Waals surface area contributed by atoms with Crippen molar-refractivity contribution in [1.82, 2.24) is 15.0 Å². The Kier molecular flexibility index (Phi) is 3.72. The molecule has 0 aliphatic heterocycles. The lowest BCUT2D eigenvalue weighted by Gasteiger charge is -2.05. The first-order chi connectivity index (χ1) is 8.70. The third-order valence-corrected chi connectivity index (χ3v) is 2.64. The number of aromatic amines is 1. The number of aromatic nitrogens is 3. The molecule has 5 nitrogen and oxygen atoms in total. The molecule has 0 atom stereocenters. The molecule has 0 saturated heterocycles. The van der Waals surface area contributed by atoms with Gasteiger partial charge < -0.3 is 10.1 Å². The predicted molar refractivity (Wildman–Crippen MR) is 67.6 cm³/mol. The molecule has 2 aromatic heterocycles. The molecule has 2 aromatic rings. The molecule has 2 N–H and O–H groups in total. The molecule has 0 radical (unpaired) electrons. The fourth-order valence-corrected chi connectivity index (χ4v) is 1.79. The molecule has 2 rings (SSSR count). The van der Waals surface area contributed by atoms with Gasteiger partial charge in [-0.2, -0.15) is 4.98 Å². The highest BCUT2D eigenvalue weighted by Crippen LogP contribution is 2.12. The van der Waals surface area contributed by atoms with Gasteiger partial charge >= 0.3 is 0 Å². The summed E-state index contributed by atoms with van der Waals surface area (Å²) in [6.45, 7) is 1.95. The van der Waals surface area contributed by atoms with Crippen molar-refractivity contribution in [3.63, 3.8) is 0 Å². The quantitative estimate of drug-likeness (QED) is 0.853. The smallest absolute Gasteiger partial charge is 0.257 e. The van der Waals surface area contributed by atoms with Gasteiger partial charge in [-0.15, -0.1) is 0 Å².